The van der Waals surface area contributed by atoms with Crippen molar-refractivity contribution in [1.82, 2.24) is 0 Å². The first kappa shape index (κ1) is 12.8. The molecule has 0 N–H and O–H groups in total. The molecular weight excluding hydrogens is 339 g/mol. The lowest BCUT2D eigenvalue weighted by Crippen LogP contribution is -1.84. The second kappa shape index (κ2) is 5.36. The number of rotatable bonds is 2. The summed E-state index contributed by atoms with van der Waals surface area (Å²) in [6.45, 7) is 3.70. The molecule has 0 aliphatic rings. The van der Waals surface area contributed by atoms with Gasteiger partial charge in [0, 0.05) is 20.9 Å². The van der Waals surface area contributed by atoms with E-state index in [1.807, 2.05) is 38.1 Å². The molecule has 0 aliphatic carbocycles. The molecule has 0 radical (unpaired) electrons. The molecule has 0 aliphatic heterocycles. The quantitative estimate of drug-likeness (QED) is 0.604. The summed E-state index contributed by atoms with van der Waals surface area (Å²) in [7, 11) is 0. The lowest BCUT2D eigenvalue weighted by atomic mass is 10.2. The molecule has 1 heterocycles. The monoisotopic (exact) mass is 350 g/mol. The Balaban J connectivity index is 2.39. The summed E-state index contributed by atoms with van der Waals surface area (Å²) >= 11 is 2.25. The van der Waals surface area contributed by atoms with Crippen molar-refractivity contribution >= 4 is 34.7 Å². The molecule has 3 nitrogen and oxygen atoms in total. The van der Waals surface area contributed by atoms with E-state index in [-0.39, 0.29) is 0 Å². The van der Waals surface area contributed by atoms with E-state index in [4.69, 9.17) is 9.68 Å². The van der Waals surface area contributed by atoms with Crippen LogP contribution in [0.2, 0.25) is 0 Å². The van der Waals surface area contributed by atoms with Crippen LogP contribution >= 0.6 is 22.6 Å². The molecule has 0 amide bonds. The lowest BCUT2D eigenvalue weighted by Gasteiger charge is -1.95. The Labute approximate surface area is 119 Å². The van der Waals surface area contributed by atoms with Crippen LogP contribution in [0.3, 0.4) is 0 Å². The average Bonchev–Trinajstić information content (AvgIpc) is 2.64. The second-order valence-electron chi connectivity index (χ2n) is 3.85. The fraction of sp³-hybridized carbons (Fsp3) is 0.143. The van der Waals surface area contributed by atoms with Gasteiger partial charge in [0.25, 0.3) is 0 Å². The molecule has 0 saturated carbocycles. The molecule has 1 aromatic carbocycles. The van der Waals surface area contributed by atoms with E-state index < -0.39 is 0 Å². The maximum absolute atomic E-state index is 9.08. The number of furan rings is 1. The van der Waals surface area contributed by atoms with Crippen molar-refractivity contribution in [3.63, 3.8) is 0 Å². The third-order valence-corrected chi connectivity index (χ3v) is 3.69. The van der Waals surface area contributed by atoms with Gasteiger partial charge in [-0.15, -0.1) is 0 Å². The molecule has 0 unspecified atom stereocenters. The van der Waals surface area contributed by atoms with Crippen LogP contribution in [-0.4, -0.2) is 6.21 Å². The smallest absolute Gasteiger partial charge is 0.237 e. The molecule has 0 spiro atoms. The number of benzene rings is 1. The van der Waals surface area contributed by atoms with Crippen molar-refractivity contribution < 1.29 is 4.42 Å². The molecule has 18 heavy (non-hydrogen) atoms. The topological polar surface area (TPSA) is 49.3 Å². The molecule has 1 aromatic heterocycles. The maximum Gasteiger partial charge on any atom is 0.237 e. The van der Waals surface area contributed by atoms with Crippen LogP contribution in [0.1, 0.15) is 22.5 Å². The van der Waals surface area contributed by atoms with E-state index in [2.05, 4.69) is 33.7 Å². The summed E-state index contributed by atoms with van der Waals surface area (Å²) in [5, 5.41) is 9.08. The first-order valence-electron chi connectivity index (χ1n) is 5.42. The normalized spacial score (nSPS) is 10.8. The standard InChI is InChI=1S/C14H11IN2O/c1-9-10(2)18-14(12(9)7-16)17-8-11-5-3-4-6-13(11)15/h3-6,8H,1-2H3/b17-8+. The molecule has 2 rings (SSSR count). The Morgan fingerprint density at radius 1 is 1.33 bits per heavy atom. The highest BCUT2D eigenvalue weighted by atomic mass is 127. The Hall–Kier alpha value is -1.61. The molecular formula is C14H11IN2O. The predicted octanol–water partition coefficient (Wildman–Crippen LogP) is 4.12. The van der Waals surface area contributed by atoms with Crippen molar-refractivity contribution in [1.29, 1.82) is 5.26 Å². The van der Waals surface area contributed by atoms with Crippen molar-refractivity contribution in [2.24, 2.45) is 4.99 Å². The van der Waals surface area contributed by atoms with Gasteiger partial charge in [-0.05, 0) is 42.5 Å². The number of aryl methyl sites for hydroxylation is 1. The number of nitriles is 1. The van der Waals surface area contributed by atoms with Gasteiger partial charge in [0.1, 0.15) is 17.4 Å². The average molecular weight is 350 g/mol. The molecule has 0 bridgehead atoms. The first-order valence-corrected chi connectivity index (χ1v) is 6.50. The van der Waals surface area contributed by atoms with Gasteiger partial charge in [-0.3, -0.25) is 0 Å². The van der Waals surface area contributed by atoms with Crippen LogP contribution in [0.25, 0.3) is 0 Å². The van der Waals surface area contributed by atoms with Crippen LogP contribution in [0.15, 0.2) is 33.7 Å². The summed E-state index contributed by atoms with van der Waals surface area (Å²) in [6, 6.07) is 10.0. The SMILES string of the molecule is Cc1oc(/N=C/c2ccccc2I)c(C#N)c1C. The minimum absolute atomic E-state index is 0.382. The van der Waals surface area contributed by atoms with Crippen molar-refractivity contribution in [2.45, 2.75) is 13.8 Å². The van der Waals surface area contributed by atoms with Gasteiger partial charge in [-0.1, -0.05) is 18.2 Å². The Bertz CT molecular complexity index is 650. The minimum atomic E-state index is 0.382. The van der Waals surface area contributed by atoms with E-state index in [0.717, 1.165) is 20.5 Å². The van der Waals surface area contributed by atoms with E-state index in [9.17, 15) is 0 Å². The van der Waals surface area contributed by atoms with Crippen LogP contribution in [0.4, 0.5) is 5.88 Å². The first-order chi connectivity index (χ1) is 8.63. The van der Waals surface area contributed by atoms with Crippen LogP contribution in [0, 0.1) is 28.7 Å². The molecule has 2 aromatic rings. The third-order valence-electron chi connectivity index (χ3n) is 2.70. The molecule has 0 saturated heterocycles. The van der Waals surface area contributed by atoms with Gasteiger partial charge in [0.15, 0.2) is 0 Å². The van der Waals surface area contributed by atoms with Gasteiger partial charge in [0.05, 0.1) is 0 Å². The zero-order valence-corrected chi connectivity index (χ0v) is 12.2. The largest absolute Gasteiger partial charge is 0.442 e. The zero-order valence-electron chi connectivity index (χ0n) is 10.1. The van der Waals surface area contributed by atoms with Crippen molar-refractivity contribution in [3.8, 4) is 6.07 Å². The van der Waals surface area contributed by atoms with Crippen LogP contribution < -0.4 is 0 Å². The Kier molecular flexibility index (Phi) is 3.82. The van der Waals surface area contributed by atoms with Crippen molar-refractivity contribution in [3.05, 3.63) is 50.3 Å². The summed E-state index contributed by atoms with van der Waals surface area (Å²) < 4.78 is 6.58. The summed E-state index contributed by atoms with van der Waals surface area (Å²) in [4.78, 5) is 4.27. The number of nitrogens with zero attached hydrogens (tertiary/aromatic N) is 2. The number of aliphatic imine (C=N–C) groups is 1. The maximum atomic E-state index is 9.08. The fourth-order valence-corrected chi connectivity index (χ4v) is 2.07. The van der Waals surface area contributed by atoms with Crippen LogP contribution in [0.5, 0.6) is 0 Å². The summed E-state index contributed by atoms with van der Waals surface area (Å²) in [6.07, 6.45) is 1.72. The Morgan fingerprint density at radius 2 is 2.06 bits per heavy atom. The molecule has 4 heteroatoms. The highest BCUT2D eigenvalue weighted by molar-refractivity contribution is 14.1. The molecule has 0 atom stereocenters. The predicted molar refractivity (Wildman–Crippen MR) is 79.3 cm³/mol. The summed E-state index contributed by atoms with van der Waals surface area (Å²) in [5.74, 6) is 1.12. The van der Waals surface area contributed by atoms with Gasteiger partial charge in [-0.2, -0.15) is 5.26 Å². The fourth-order valence-electron chi connectivity index (χ4n) is 1.54. The lowest BCUT2D eigenvalue weighted by molar-refractivity contribution is 0.542. The second-order valence-corrected chi connectivity index (χ2v) is 5.02. The third kappa shape index (κ3) is 2.46. The minimum Gasteiger partial charge on any atom is -0.442 e. The van der Waals surface area contributed by atoms with Gasteiger partial charge >= 0.3 is 0 Å². The number of hydrogen-bond donors (Lipinski definition) is 0. The van der Waals surface area contributed by atoms with Crippen LogP contribution in [-0.2, 0) is 0 Å². The molecule has 0 fully saturated rings. The van der Waals surface area contributed by atoms with E-state index >= 15 is 0 Å². The highest BCUT2D eigenvalue weighted by Crippen LogP contribution is 2.27. The highest BCUT2D eigenvalue weighted by Gasteiger charge is 2.12. The Morgan fingerprint density at radius 3 is 2.72 bits per heavy atom. The molecule has 90 valence electrons. The number of halogens is 1. The number of hydrogen-bond acceptors (Lipinski definition) is 3. The summed E-state index contributed by atoms with van der Waals surface area (Å²) in [5.41, 5.74) is 2.37. The van der Waals surface area contributed by atoms with E-state index in [1.165, 1.54) is 0 Å². The van der Waals surface area contributed by atoms with Crippen molar-refractivity contribution in [2.75, 3.05) is 0 Å². The van der Waals surface area contributed by atoms with E-state index in [1.54, 1.807) is 6.21 Å². The van der Waals surface area contributed by atoms with Gasteiger partial charge in [-0.25, -0.2) is 4.99 Å². The van der Waals surface area contributed by atoms with E-state index in [0.29, 0.717) is 11.4 Å². The zero-order chi connectivity index (χ0) is 13.1. The van der Waals surface area contributed by atoms with Gasteiger partial charge < -0.3 is 4.42 Å². The van der Waals surface area contributed by atoms with Gasteiger partial charge in [0.2, 0.25) is 5.88 Å².